The van der Waals surface area contributed by atoms with Gasteiger partial charge in [-0.25, -0.2) is 0 Å². The lowest BCUT2D eigenvalue weighted by atomic mass is 10.0. The number of nitrogens with one attached hydrogen (secondary N) is 1. The smallest absolute Gasteiger partial charge is 0.305 e. The fourth-order valence-corrected chi connectivity index (χ4v) is 2.69. The summed E-state index contributed by atoms with van der Waals surface area (Å²) in [6.45, 7) is 4.28. The van der Waals surface area contributed by atoms with Crippen LogP contribution in [0.1, 0.15) is 29.5 Å². The zero-order valence-corrected chi connectivity index (χ0v) is 14.3. The molecule has 0 saturated heterocycles. The molecule has 0 atom stereocenters. The highest BCUT2D eigenvalue weighted by molar-refractivity contribution is 6.33. The van der Waals surface area contributed by atoms with E-state index in [1.807, 2.05) is 19.9 Å². The lowest BCUT2D eigenvalue weighted by molar-refractivity contribution is -0.140. The molecular weight excluding hydrogens is 318 g/mol. The van der Waals surface area contributed by atoms with Crippen molar-refractivity contribution in [3.8, 4) is 0 Å². The number of methoxy groups -OCH3 is 1. The Hall–Kier alpha value is -2.01. The van der Waals surface area contributed by atoms with Crippen LogP contribution in [0.5, 0.6) is 0 Å². The molecule has 0 unspecified atom stereocenters. The monoisotopic (exact) mass is 337 g/mol. The van der Waals surface area contributed by atoms with E-state index in [0.29, 0.717) is 24.4 Å². The van der Waals surface area contributed by atoms with Crippen molar-refractivity contribution in [1.82, 2.24) is 5.32 Å². The Morgan fingerprint density at radius 2 is 2.09 bits per heavy atom. The number of hydrogen-bond acceptors (Lipinski definition) is 4. The van der Waals surface area contributed by atoms with Crippen LogP contribution in [0.25, 0.3) is 11.0 Å². The van der Waals surface area contributed by atoms with Crippen LogP contribution in [-0.2, 0) is 20.7 Å². The van der Waals surface area contributed by atoms with Crippen LogP contribution in [-0.4, -0.2) is 25.5 Å². The molecule has 0 aliphatic heterocycles. The van der Waals surface area contributed by atoms with Gasteiger partial charge in [0, 0.05) is 28.9 Å². The topological polar surface area (TPSA) is 68.5 Å². The molecule has 0 spiro atoms. The molecule has 2 rings (SSSR count). The largest absolute Gasteiger partial charge is 0.469 e. The van der Waals surface area contributed by atoms with Crippen LogP contribution in [0.3, 0.4) is 0 Å². The average molecular weight is 338 g/mol. The average Bonchev–Trinajstić information content (AvgIpc) is 2.91. The molecule has 0 bridgehead atoms. The number of esters is 1. The number of aryl methyl sites for hydroxylation is 2. The predicted molar refractivity (Wildman–Crippen MR) is 88.7 cm³/mol. The molecule has 0 fully saturated rings. The summed E-state index contributed by atoms with van der Waals surface area (Å²) in [7, 11) is 1.35. The molecular formula is C17H20ClNO4. The number of benzene rings is 1. The van der Waals surface area contributed by atoms with E-state index in [2.05, 4.69) is 10.1 Å². The second kappa shape index (κ2) is 7.51. The number of rotatable bonds is 6. The first-order valence-corrected chi connectivity index (χ1v) is 7.81. The second-order valence-electron chi connectivity index (χ2n) is 5.47. The van der Waals surface area contributed by atoms with Gasteiger partial charge in [0.15, 0.2) is 0 Å². The third kappa shape index (κ3) is 4.05. The highest BCUT2D eigenvalue weighted by Gasteiger charge is 2.15. The summed E-state index contributed by atoms with van der Waals surface area (Å²) < 4.78 is 10.1. The molecule has 1 aromatic heterocycles. The van der Waals surface area contributed by atoms with E-state index in [-0.39, 0.29) is 18.3 Å². The van der Waals surface area contributed by atoms with Gasteiger partial charge in [0.2, 0.25) is 5.91 Å². The zero-order chi connectivity index (χ0) is 17.0. The summed E-state index contributed by atoms with van der Waals surface area (Å²) in [5.74, 6) is -0.394. The maximum absolute atomic E-state index is 12.0. The van der Waals surface area contributed by atoms with Gasteiger partial charge in [-0.3, -0.25) is 9.59 Å². The summed E-state index contributed by atoms with van der Waals surface area (Å²) in [6.07, 6.45) is 2.65. The maximum atomic E-state index is 12.0. The fourth-order valence-electron chi connectivity index (χ4n) is 2.54. The number of fused-ring (bicyclic) bond motifs is 1. The van der Waals surface area contributed by atoms with Crippen molar-refractivity contribution in [1.29, 1.82) is 0 Å². The van der Waals surface area contributed by atoms with Gasteiger partial charge in [0.05, 0.1) is 19.8 Å². The summed E-state index contributed by atoms with van der Waals surface area (Å²) in [4.78, 5) is 23.0. The van der Waals surface area contributed by atoms with E-state index in [1.54, 1.807) is 6.26 Å². The van der Waals surface area contributed by atoms with Crippen LogP contribution in [0.4, 0.5) is 0 Å². The molecule has 124 valence electrons. The van der Waals surface area contributed by atoms with E-state index >= 15 is 0 Å². The van der Waals surface area contributed by atoms with Gasteiger partial charge in [-0.2, -0.15) is 0 Å². The summed E-state index contributed by atoms with van der Waals surface area (Å²) in [5, 5.41) is 4.38. The van der Waals surface area contributed by atoms with E-state index in [9.17, 15) is 9.59 Å². The lowest BCUT2D eigenvalue weighted by Crippen LogP contribution is -2.26. The molecule has 0 aliphatic rings. The highest BCUT2D eigenvalue weighted by atomic mass is 35.5. The molecule has 0 radical (unpaired) electrons. The quantitative estimate of drug-likeness (QED) is 0.648. The normalized spacial score (nSPS) is 10.8. The summed E-state index contributed by atoms with van der Waals surface area (Å²) in [6, 6.07) is 1.88. The molecule has 23 heavy (non-hydrogen) atoms. The fraction of sp³-hybridized carbons (Fsp3) is 0.412. The Morgan fingerprint density at radius 1 is 1.35 bits per heavy atom. The first-order chi connectivity index (χ1) is 10.9. The zero-order valence-electron chi connectivity index (χ0n) is 13.5. The third-order valence-corrected chi connectivity index (χ3v) is 4.33. The van der Waals surface area contributed by atoms with Crippen LogP contribution >= 0.6 is 11.6 Å². The molecule has 1 amide bonds. The van der Waals surface area contributed by atoms with Gasteiger partial charge in [0.25, 0.3) is 0 Å². The van der Waals surface area contributed by atoms with Crippen molar-refractivity contribution < 1.29 is 18.7 Å². The number of amides is 1. The predicted octanol–water partition coefficient (Wildman–Crippen LogP) is 3.31. The summed E-state index contributed by atoms with van der Waals surface area (Å²) in [5.41, 5.74) is 3.41. The minimum absolute atomic E-state index is 0.117. The van der Waals surface area contributed by atoms with Crippen LogP contribution < -0.4 is 5.32 Å². The second-order valence-corrected chi connectivity index (χ2v) is 5.85. The third-order valence-electron chi connectivity index (χ3n) is 3.75. The minimum Gasteiger partial charge on any atom is -0.469 e. The number of hydrogen-bond donors (Lipinski definition) is 1. The van der Waals surface area contributed by atoms with E-state index < -0.39 is 0 Å². The van der Waals surface area contributed by atoms with E-state index in [1.165, 1.54) is 7.11 Å². The first kappa shape index (κ1) is 17.3. The molecule has 0 saturated carbocycles. The summed E-state index contributed by atoms with van der Waals surface area (Å²) >= 11 is 6.28. The van der Waals surface area contributed by atoms with Gasteiger partial charge in [-0.1, -0.05) is 11.6 Å². The standard InChI is InChI=1S/C17H20ClNO4/c1-10-7-13-16(11(2)17(10)18)12(9-23-13)8-14(20)19-6-4-5-15(21)22-3/h7,9H,4-6,8H2,1-3H3,(H,19,20). The number of furan rings is 1. The van der Waals surface area contributed by atoms with Crippen molar-refractivity contribution in [2.45, 2.75) is 33.1 Å². The Labute approximate surface area is 139 Å². The van der Waals surface area contributed by atoms with Crippen molar-refractivity contribution in [3.05, 3.63) is 34.0 Å². The molecule has 1 aromatic carbocycles. The molecule has 6 heteroatoms. The number of carbonyl (C=O) groups excluding carboxylic acids is 2. The Bertz CT molecular complexity index is 736. The molecule has 2 aromatic rings. The Morgan fingerprint density at radius 3 is 2.78 bits per heavy atom. The number of carbonyl (C=O) groups is 2. The van der Waals surface area contributed by atoms with Gasteiger partial charge in [-0.05, 0) is 37.5 Å². The lowest BCUT2D eigenvalue weighted by Gasteiger charge is -2.07. The van der Waals surface area contributed by atoms with Gasteiger partial charge < -0.3 is 14.5 Å². The van der Waals surface area contributed by atoms with Gasteiger partial charge in [-0.15, -0.1) is 0 Å². The highest BCUT2D eigenvalue weighted by Crippen LogP contribution is 2.32. The van der Waals surface area contributed by atoms with Crippen LogP contribution in [0.2, 0.25) is 5.02 Å². The van der Waals surface area contributed by atoms with Gasteiger partial charge >= 0.3 is 5.97 Å². The van der Waals surface area contributed by atoms with Gasteiger partial charge in [0.1, 0.15) is 5.58 Å². The number of halogens is 1. The molecule has 1 heterocycles. The number of ether oxygens (including phenoxy) is 1. The van der Waals surface area contributed by atoms with Crippen molar-refractivity contribution in [3.63, 3.8) is 0 Å². The first-order valence-electron chi connectivity index (χ1n) is 7.43. The van der Waals surface area contributed by atoms with Crippen molar-refractivity contribution in [2.24, 2.45) is 0 Å². The maximum Gasteiger partial charge on any atom is 0.305 e. The van der Waals surface area contributed by atoms with Crippen molar-refractivity contribution >= 4 is 34.4 Å². The van der Waals surface area contributed by atoms with E-state index in [4.69, 9.17) is 16.0 Å². The van der Waals surface area contributed by atoms with Crippen LogP contribution in [0.15, 0.2) is 16.7 Å². The molecule has 1 N–H and O–H groups in total. The Balaban J connectivity index is 2.00. The molecule has 5 nitrogen and oxygen atoms in total. The Kier molecular flexibility index (Phi) is 5.66. The minimum atomic E-state index is -0.277. The van der Waals surface area contributed by atoms with Crippen LogP contribution in [0, 0.1) is 13.8 Å². The SMILES string of the molecule is COC(=O)CCCNC(=O)Cc1coc2cc(C)c(Cl)c(C)c12. The van der Waals surface area contributed by atoms with E-state index in [0.717, 1.165) is 27.7 Å². The molecule has 0 aliphatic carbocycles. The van der Waals surface area contributed by atoms with Crippen molar-refractivity contribution in [2.75, 3.05) is 13.7 Å².